The van der Waals surface area contributed by atoms with Crippen LogP contribution in [0.3, 0.4) is 0 Å². The number of rotatable bonds is 4. The van der Waals surface area contributed by atoms with Crippen molar-refractivity contribution < 1.29 is 0 Å². The summed E-state index contributed by atoms with van der Waals surface area (Å²) in [6, 6.07) is 0. The predicted molar refractivity (Wildman–Crippen MR) is 55.8 cm³/mol. The molecule has 0 heterocycles. The molecule has 1 heteroatoms. The molecule has 0 aliphatic carbocycles. The first-order valence-corrected chi connectivity index (χ1v) is 4.48. The first-order valence-electron chi connectivity index (χ1n) is 4.48. The Balaban J connectivity index is 4.38. The molecule has 0 bridgehead atoms. The molecule has 1 atom stereocenters. The van der Waals surface area contributed by atoms with Gasteiger partial charge >= 0.3 is 0 Å². The third-order valence-corrected chi connectivity index (χ3v) is 3.37. The zero-order valence-corrected chi connectivity index (χ0v) is 8.70. The van der Waals surface area contributed by atoms with E-state index in [2.05, 4.69) is 42.1 Å². The second-order valence-electron chi connectivity index (χ2n) is 4.61. The minimum atomic E-state index is 0.378. The SMILES string of the molecule is BC(C)(CC=C)C(C)(C)CC. The summed E-state index contributed by atoms with van der Waals surface area (Å²) in [7, 11) is 2.32. The van der Waals surface area contributed by atoms with E-state index in [1.54, 1.807) is 0 Å². The van der Waals surface area contributed by atoms with Crippen LogP contribution in [0.4, 0.5) is 0 Å². The molecule has 0 rings (SSSR count). The van der Waals surface area contributed by atoms with Crippen molar-refractivity contribution in [3.63, 3.8) is 0 Å². The minimum absolute atomic E-state index is 0.378. The van der Waals surface area contributed by atoms with Gasteiger partial charge in [0.1, 0.15) is 7.85 Å². The van der Waals surface area contributed by atoms with Gasteiger partial charge in [0.25, 0.3) is 0 Å². The van der Waals surface area contributed by atoms with Crippen molar-refractivity contribution in [3.05, 3.63) is 12.7 Å². The van der Waals surface area contributed by atoms with Gasteiger partial charge in [-0.2, -0.15) is 0 Å². The van der Waals surface area contributed by atoms with Crippen LogP contribution in [-0.2, 0) is 0 Å². The quantitative estimate of drug-likeness (QED) is 0.429. The maximum Gasteiger partial charge on any atom is 0.110 e. The molecule has 11 heavy (non-hydrogen) atoms. The summed E-state index contributed by atoms with van der Waals surface area (Å²) in [4.78, 5) is 0. The van der Waals surface area contributed by atoms with Crippen molar-refractivity contribution in [3.8, 4) is 0 Å². The molecular weight excluding hydrogens is 131 g/mol. The largest absolute Gasteiger partial charge is 0.110 e. The van der Waals surface area contributed by atoms with Crippen LogP contribution >= 0.6 is 0 Å². The van der Waals surface area contributed by atoms with Crippen LogP contribution < -0.4 is 0 Å². The lowest BCUT2D eigenvalue weighted by Gasteiger charge is -2.41. The Bertz CT molecular complexity index is 134. The Morgan fingerprint density at radius 2 is 1.82 bits per heavy atom. The van der Waals surface area contributed by atoms with Crippen LogP contribution in [-0.4, -0.2) is 7.85 Å². The van der Waals surface area contributed by atoms with Crippen LogP contribution in [0.25, 0.3) is 0 Å². The van der Waals surface area contributed by atoms with Gasteiger partial charge in [-0.25, -0.2) is 0 Å². The molecule has 0 aliphatic rings. The Hall–Kier alpha value is -0.195. The maximum atomic E-state index is 3.79. The highest BCUT2D eigenvalue weighted by Gasteiger charge is 2.33. The second-order valence-corrected chi connectivity index (χ2v) is 4.61. The Kier molecular flexibility index (Phi) is 3.41. The Morgan fingerprint density at radius 3 is 2.09 bits per heavy atom. The number of hydrogen-bond acceptors (Lipinski definition) is 0. The molecule has 0 aromatic carbocycles. The van der Waals surface area contributed by atoms with Crippen molar-refractivity contribution in [2.24, 2.45) is 5.41 Å². The van der Waals surface area contributed by atoms with E-state index in [4.69, 9.17) is 0 Å². The molecule has 0 aliphatic heterocycles. The van der Waals surface area contributed by atoms with E-state index in [1.807, 2.05) is 6.08 Å². The number of hydrogen-bond donors (Lipinski definition) is 0. The first-order chi connectivity index (χ1) is 4.87. The molecule has 1 unspecified atom stereocenters. The molecule has 0 saturated heterocycles. The van der Waals surface area contributed by atoms with E-state index in [9.17, 15) is 0 Å². The zero-order chi connectivity index (χ0) is 9.12. The van der Waals surface area contributed by atoms with Crippen molar-refractivity contribution in [1.82, 2.24) is 0 Å². The molecule has 0 saturated carbocycles. The summed E-state index contributed by atoms with van der Waals surface area (Å²) < 4.78 is 0. The van der Waals surface area contributed by atoms with E-state index in [-0.39, 0.29) is 0 Å². The normalized spacial score (nSPS) is 17.5. The topological polar surface area (TPSA) is 0 Å². The Labute approximate surface area is 72.5 Å². The van der Waals surface area contributed by atoms with Crippen LogP contribution in [0, 0.1) is 5.41 Å². The highest BCUT2D eigenvalue weighted by atomic mass is 14.3. The molecular formula is C10H21B. The van der Waals surface area contributed by atoms with Crippen molar-refractivity contribution >= 4 is 7.85 Å². The van der Waals surface area contributed by atoms with Gasteiger partial charge in [0.2, 0.25) is 0 Å². The summed E-state index contributed by atoms with van der Waals surface area (Å²) in [5.74, 6) is 0. The second kappa shape index (κ2) is 3.47. The third kappa shape index (κ3) is 2.39. The van der Waals surface area contributed by atoms with E-state index in [0.717, 1.165) is 6.42 Å². The summed E-state index contributed by atoms with van der Waals surface area (Å²) in [5, 5.41) is 0.378. The van der Waals surface area contributed by atoms with Gasteiger partial charge in [-0.05, 0) is 11.8 Å². The highest BCUT2D eigenvalue weighted by molar-refractivity contribution is 6.15. The van der Waals surface area contributed by atoms with Gasteiger partial charge in [-0.15, -0.1) is 6.58 Å². The van der Waals surface area contributed by atoms with E-state index in [0.29, 0.717) is 10.7 Å². The average Bonchev–Trinajstić information content (AvgIpc) is 1.87. The van der Waals surface area contributed by atoms with Gasteiger partial charge < -0.3 is 0 Å². The lowest BCUT2D eigenvalue weighted by Crippen LogP contribution is -2.28. The van der Waals surface area contributed by atoms with Gasteiger partial charge in [-0.3, -0.25) is 0 Å². The van der Waals surface area contributed by atoms with Gasteiger partial charge in [0.15, 0.2) is 0 Å². The van der Waals surface area contributed by atoms with Crippen LogP contribution in [0.15, 0.2) is 12.7 Å². The van der Waals surface area contributed by atoms with Crippen molar-refractivity contribution in [1.29, 1.82) is 0 Å². The first kappa shape index (κ1) is 10.8. The smallest absolute Gasteiger partial charge is 0.103 e. The zero-order valence-electron chi connectivity index (χ0n) is 8.70. The number of allylic oxidation sites excluding steroid dienone is 1. The lowest BCUT2D eigenvalue weighted by molar-refractivity contribution is 0.241. The fourth-order valence-electron chi connectivity index (χ4n) is 1.12. The minimum Gasteiger partial charge on any atom is -0.103 e. The van der Waals surface area contributed by atoms with Crippen molar-refractivity contribution in [2.75, 3.05) is 0 Å². The van der Waals surface area contributed by atoms with Crippen LogP contribution in [0.2, 0.25) is 5.31 Å². The molecule has 64 valence electrons. The molecule has 0 N–H and O–H groups in total. The average molecular weight is 152 g/mol. The molecule has 0 nitrogen and oxygen atoms in total. The predicted octanol–water partition coefficient (Wildman–Crippen LogP) is 2.81. The summed E-state index contributed by atoms with van der Waals surface area (Å²) in [5.41, 5.74) is 0.418. The van der Waals surface area contributed by atoms with E-state index >= 15 is 0 Å². The summed E-state index contributed by atoms with van der Waals surface area (Å²) in [6.07, 6.45) is 4.36. The highest BCUT2D eigenvalue weighted by Crippen LogP contribution is 2.47. The van der Waals surface area contributed by atoms with E-state index in [1.165, 1.54) is 6.42 Å². The molecule has 0 amide bonds. The van der Waals surface area contributed by atoms with Gasteiger partial charge in [-0.1, -0.05) is 45.5 Å². The van der Waals surface area contributed by atoms with Gasteiger partial charge in [0.05, 0.1) is 0 Å². The van der Waals surface area contributed by atoms with Crippen LogP contribution in [0.5, 0.6) is 0 Å². The lowest BCUT2D eigenvalue weighted by atomic mass is 9.52. The molecule has 0 spiro atoms. The maximum absolute atomic E-state index is 3.79. The van der Waals surface area contributed by atoms with Crippen LogP contribution in [0.1, 0.15) is 40.5 Å². The fourth-order valence-corrected chi connectivity index (χ4v) is 1.12. The third-order valence-electron chi connectivity index (χ3n) is 3.37. The molecule has 0 aromatic heterocycles. The van der Waals surface area contributed by atoms with Gasteiger partial charge in [0, 0.05) is 0 Å². The Morgan fingerprint density at radius 1 is 1.36 bits per heavy atom. The standard InChI is InChI=1S/C10H21B/c1-6-8-10(5,11)9(3,4)7-2/h6H,1,7-8,11H2,2-5H3. The fraction of sp³-hybridized carbons (Fsp3) is 0.800. The monoisotopic (exact) mass is 152 g/mol. The summed E-state index contributed by atoms with van der Waals surface area (Å²) >= 11 is 0. The molecule has 0 radical (unpaired) electrons. The molecule has 0 aromatic rings. The van der Waals surface area contributed by atoms with E-state index < -0.39 is 0 Å². The summed E-state index contributed by atoms with van der Waals surface area (Å²) in [6.45, 7) is 13.0. The molecule has 0 fully saturated rings. The van der Waals surface area contributed by atoms with Crippen molar-refractivity contribution in [2.45, 2.75) is 45.9 Å².